The number of carbonyl (C=O) groups excluding carboxylic acids is 1. The molecule has 222 valence electrons. The van der Waals surface area contributed by atoms with Crippen LogP contribution in [-0.4, -0.2) is 56.4 Å². The zero-order chi connectivity index (χ0) is 30.1. The first kappa shape index (κ1) is 30.6. The van der Waals surface area contributed by atoms with E-state index in [1.807, 2.05) is 6.92 Å². The second kappa shape index (κ2) is 12.2. The maximum Gasteiger partial charge on any atom is 0.337 e. The van der Waals surface area contributed by atoms with Crippen molar-refractivity contribution in [2.45, 2.75) is 98.4 Å². The molecule has 0 bridgehead atoms. The topological polar surface area (TPSA) is 115 Å². The van der Waals surface area contributed by atoms with Crippen molar-refractivity contribution in [3.8, 4) is 11.3 Å². The van der Waals surface area contributed by atoms with Crippen LogP contribution in [0.5, 0.6) is 0 Å². The number of amides is 1. The molecule has 2 aromatic heterocycles. The number of carbonyl (C=O) groups is 2. The number of unbranched alkanes of at least 4 members (excludes halogenated alkanes) is 1. The number of benzene rings is 1. The quantitative estimate of drug-likeness (QED) is 0.325. The van der Waals surface area contributed by atoms with Crippen molar-refractivity contribution >= 4 is 17.5 Å². The molecule has 41 heavy (non-hydrogen) atoms. The van der Waals surface area contributed by atoms with Crippen molar-refractivity contribution < 1.29 is 28.6 Å². The van der Waals surface area contributed by atoms with Crippen LogP contribution in [0, 0.1) is 26.6 Å². The molecule has 2 N–H and O–H groups in total. The molecule has 10 heteroatoms. The smallest absolute Gasteiger partial charge is 0.337 e. The average molecular weight is 569 g/mol. The number of hydrogen-bond acceptors (Lipinski definition) is 6. The van der Waals surface area contributed by atoms with Gasteiger partial charge in [0.05, 0.1) is 17.4 Å². The summed E-state index contributed by atoms with van der Waals surface area (Å²) in [4.78, 5) is 30.4. The summed E-state index contributed by atoms with van der Waals surface area (Å²) in [6.45, 7) is 13.8. The molecule has 0 saturated carbocycles. The monoisotopic (exact) mass is 568 g/mol. The first-order valence-corrected chi connectivity index (χ1v) is 14.3. The van der Waals surface area contributed by atoms with E-state index >= 15 is 4.39 Å². The highest BCUT2D eigenvalue weighted by molar-refractivity contribution is 5.93. The van der Waals surface area contributed by atoms with E-state index in [0.717, 1.165) is 36.8 Å². The fourth-order valence-electron chi connectivity index (χ4n) is 5.41. The fraction of sp³-hybridized carbons (Fsp3) is 0.548. The zero-order valence-electron chi connectivity index (χ0n) is 25.1. The van der Waals surface area contributed by atoms with Gasteiger partial charge in [0.25, 0.3) is 5.91 Å². The Labute approximate surface area is 240 Å². The van der Waals surface area contributed by atoms with Gasteiger partial charge in [0.15, 0.2) is 17.4 Å². The summed E-state index contributed by atoms with van der Waals surface area (Å²) < 4.78 is 28.6. The molecule has 3 heterocycles. The number of rotatable bonds is 10. The van der Waals surface area contributed by atoms with E-state index in [0.29, 0.717) is 47.7 Å². The Morgan fingerprint density at radius 1 is 1.24 bits per heavy atom. The molecule has 1 saturated heterocycles. The molecule has 1 aromatic carbocycles. The van der Waals surface area contributed by atoms with Crippen molar-refractivity contribution in [3.05, 3.63) is 51.6 Å². The van der Waals surface area contributed by atoms with Crippen molar-refractivity contribution in [2.24, 2.45) is 0 Å². The van der Waals surface area contributed by atoms with E-state index in [2.05, 4.69) is 22.3 Å². The largest absolute Gasteiger partial charge is 0.479 e. The molecule has 1 aliphatic heterocycles. The van der Waals surface area contributed by atoms with Crippen molar-refractivity contribution in [2.75, 3.05) is 13.2 Å². The minimum absolute atomic E-state index is 0.0379. The van der Waals surface area contributed by atoms with Crippen molar-refractivity contribution in [1.29, 1.82) is 0 Å². The SMILES string of the molecule is CCCCc1c(C)c(F)cc(-c2c([C@H](OC(C)(C)C)C(=O)O)c(C)nc3cc(C(=O)NCC4CCCO4)nn23)c1C. The van der Waals surface area contributed by atoms with Gasteiger partial charge in [0.1, 0.15) is 5.82 Å². The van der Waals surface area contributed by atoms with Gasteiger partial charge in [-0.1, -0.05) is 13.3 Å². The molecule has 0 radical (unpaired) electrons. The van der Waals surface area contributed by atoms with Crippen LogP contribution in [0.2, 0.25) is 0 Å². The Morgan fingerprint density at radius 3 is 2.59 bits per heavy atom. The number of nitrogens with zero attached hydrogens (tertiary/aromatic N) is 3. The Hall–Kier alpha value is -3.37. The van der Waals surface area contributed by atoms with Gasteiger partial charge in [-0.15, -0.1) is 0 Å². The van der Waals surface area contributed by atoms with Gasteiger partial charge < -0.3 is 19.9 Å². The van der Waals surface area contributed by atoms with Crippen LogP contribution >= 0.6 is 0 Å². The molecule has 1 unspecified atom stereocenters. The number of nitrogens with one attached hydrogen (secondary N) is 1. The fourth-order valence-corrected chi connectivity index (χ4v) is 5.41. The highest BCUT2D eigenvalue weighted by atomic mass is 19.1. The Bertz CT molecular complexity index is 1450. The zero-order valence-corrected chi connectivity index (χ0v) is 25.1. The summed E-state index contributed by atoms with van der Waals surface area (Å²) in [6.07, 6.45) is 2.89. The summed E-state index contributed by atoms with van der Waals surface area (Å²) in [6, 6.07) is 2.98. The molecule has 0 spiro atoms. The van der Waals surface area contributed by atoms with Crippen LogP contribution in [0.25, 0.3) is 16.9 Å². The van der Waals surface area contributed by atoms with E-state index in [4.69, 9.17) is 9.47 Å². The molecule has 4 rings (SSSR count). The second-order valence-corrected chi connectivity index (χ2v) is 11.8. The second-order valence-electron chi connectivity index (χ2n) is 11.8. The van der Waals surface area contributed by atoms with Crippen molar-refractivity contribution in [1.82, 2.24) is 19.9 Å². The van der Waals surface area contributed by atoms with Crippen LogP contribution in [0.15, 0.2) is 12.1 Å². The van der Waals surface area contributed by atoms with Crippen LogP contribution in [-0.2, 0) is 20.7 Å². The van der Waals surface area contributed by atoms with Gasteiger partial charge >= 0.3 is 5.97 Å². The Kier molecular flexibility index (Phi) is 9.13. The maximum absolute atomic E-state index is 15.5. The number of fused-ring (bicyclic) bond motifs is 1. The van der Waals surface area contributed by atoms with Gasteiger partial charge in [0.2, 0.25) is 0 Å². The number of aliphatic carboxylic acids is 1. The lowest BCUT2D eigenvalue weighted by molar-refractivity contribution is -0.160. The standard InChI is InChI=1S/C31H41FN4O5/c1-8-9-12-21-17(2)22(14-23(32)18(21)3)27-26(28(30(38)39)41-31(5,6)7)19(4)34-25-15-24(35-36(25)27)29(37)33-16-20-11-10-13-40-20/h14-15,20,28H,8-13,16H2,1-7H3,(H,33,37)(H,38,39)/t20?,28-/m0/s1. The Morgan fingerprint density at radius 2 is 1.98 bits per heavy atom. The summed E-state index contributed by atoms with van der Waals surface area (Å²) in [5.41, 5.74) is 3.42. The van der Waals surface area contributed by atoms with Crippen molar-refractivity contribution in [3.63, 3.8) is 0 Å². The summed E-state index contributed by atoms with van der Waals surface area (Å²) in [5.74, 6) is -1.99. The molecule has 1 aliphatic rings. The predicted molar refractivity (Wildman–Crippen MR) is 154 cm³/mol. The molecule has 0 aliphatic carbocycles. The van der Waals surface area contributed by atoms with E-state index in [1.165, 1.54) is 10.6 Å². The minimum Gasteiger partial charge on any atom is -0.479 e. The Balaban J connectivity index is 1.96. The lowest BCUT2D eigenvalue weighted by Crippen LogP contribution is -2.32. The molecule has 3 aromatic rings. The third kappa shape index (κ3) is 6.59. The van der Waals surface area contributed by atoms with Crippen LogP contribution in [0.4, 0.5) is 4.39 Å². The van der Waals surface area contributed by atoms with Gasteiger partial charge in [-0.05, 0) is 90.0 Å². The summed E-state index contributed by atoms with van der Waals surface area (Å²) in [5, 5.41) is 17.8. The number of hydrogen-bond donors (Lipinski definition) is 2. The van der Waals surface area contributed by atoms with Crippen LogP contribution < -0.4 is 5.32 Å². The maximum atomic E-state index is 15.5. The average Bonchev–Trinajstić information content (AvgIpc) is 3.57. The number of ether oxygens (including phenoxy) is 2. The number of aromatic nitrogens is 3. The van der Waals surface area contributed by atoms with Gasteiger partial charge in [-0.3, -0.25) is 4.79 Å². The van der Waals surface area contributed by atoms with Gasteiger partial charge in [0, 0.05) is 36.0 Å². The molecule has 1 fully saturated rings. The first-order chi connectivity index (χ1) is 19.3. The lowest BCUT2D eigenvalue weighted by atomic mass is 9.89. The van der Waals surface area contributed by atoms with Gasteiger partial charge in [-0.2, -0.15) is 5.10 Å². The highest BCUT2D eigenvalue weighted by Crippen LogP contribution is 2.39. The third-order valence-electron chi connectivity index (χ3n) is 7.51. The van der Waals surface area contributed by atoms with E-state index in [-0.39, 0.29) is 17.4 Å². The first-order valence-electron chi connectivity index (χ1n) is 14.3. The van der Waals surface area contributed by atoms with E-state index in [9.17, 15) is 14.7 Å². The highest BCUT2D eigenvalue weighted by Gasteiger charge is 2.34. The van der Waals surface area contributed by atoms with Gasteiger partial charge in [-0.25, -0.2) is 18.7 Å². The lowest BCUT2D eigenvalue weighted by Gasteiger charge is -2.28. The molecule has 1 amide bonds. The normalized spacial score (nSPS) is 16.3. The number of carboxylic acids is 1. The van der Waals surface area contributed by atoms with E-state index in [1.54, 1.807) is 40.7 Å². The molecule has 9 nitrogen and oxygen atoms in total. The summed E-state index contributed by atoms with van der Waals surface area (Å²) in [7, 11) is 0. The minimum atomic E-state index is -1.41. The van der Waals surface area contributed by atoms with E-state index < -0.39 is 29.4 Å². The number of aryl methyl sites for hydroxylation is 1. The third-order valence-corrected chi connectivity index (χ3v) is 7.51. The summed E-state index contributed by atoms with van der Waals surface area (Å²) >= 11 is 0. The number of carboxylic acid groups (broad SMARTS) is 1. The number of halogens is 1. The molecule has 2 atom stereocenters. The molecular formula is C31H41FN4O5. The van der Waals surface area contributed by atoms with Crippen LogP contribution in [0.3, 0.4) is 0 Å². The predicted octanol–water partition coefficient (Wildman–Crippen LogP) is 5.65. The van der Waals surface area contributed by atoms with Crippen LogP contribution in [0.1, 0.15) is 97.9 Å². The molecular weight excluding hydrogens is 527 g/mol.